The fraction of sp³-hybridized carbons (Fsp3) is 0.385. The molecular weight excluding hydrogens is 268 g/mol. The van der Waals surface area contributed by atoms with E-state index in [1.165, 1.54) is 4.90 Å². The quantitative estimate of drug-likeness (QED) is 0.872. The Balaban J connectivity index is 1.99. The van der Waals surface area contributed by atoms with Gasteiger partial charge in [-0.2, -0.15) is 0 Å². The zero-order valence-corrected chi connectivity index (χ0v) is 11.1. The molecule has 0 saturated heterocycles. The first-order valence-corrected chi connectivity index (χ1v) is 6.45. The number of hydrogen-bond donors (Lipinski definition) is 2. The van der Waals surface area contributed by atoms with E-state index in [4.69, 9.17) is 16.7 Å². The van der Waals surface area contributed by atoms with Crippen LogP contribution in [0.25, 0.3) is 0 Å². The third-order valence-corrected chi connectivity index (χ3v) is 3.10. The van der Waals surface area contributed by atoms with Crippen molar-refractivity contribution in [1.82, 2.24) is 4.90 Å². The van der Waals surface area contributed by atoms with Crippen LogP contribution < -0.4 is 5.32 Å². The smallest absolute Gasteiger partial charge is 0.323 e. The molecule has 2 N–H and O–H groups in total. The highest BCUT2D eigenvalue weighted by molar-refractivity contribution is 6.30. The molecule has 6 heteroatoms. The molecule has 0 unspecified atom stereocenters. The van der Waals surface area contributed by atoms with Gasteiger partial charge in [0.25, 0.3) is 0 Å². The Kier molecular flexibility index (Phi) is 4.27. The van der Waals surface area contributed by atoms with Crippen molar-refractivity contribution in [3.63, 3.8) is 0 Å². The number of carbonyl (C=O) groups is 2. The molecule has 2 amide bonds. The second-order valence-electron chi connectivity index (χ2n) is 4.66. The summed E-state index contributed by atoms with van der Waals surface area (Å²) in [5.74, 6) is -0.577. The molecule has 102 valence electrons. The number of carbonyl (C=O) groups excluding carboxylic acids is 1. The Labute approximate surface area is 116 Å². The first kappa shape index (κ1) is 13.7. The van der Waals surface area contributed by atoms with Crippen molar-refractivity contribution in [3.8, 4) is 0 Å². The maximum atomic E-state index is 12.0. The van der Waals surface area contributed by atoms with Crippen molar-refractivity contribution < 1.29 is 14.7 Å². The van der Waals surface area contributed by atoms with E-state index < -0.39 is 12.0 Å². The third kappa shape index (κ3) is 4.44. The molecule has 0 radical (unpaired) electrons. The number of nitrogens with one attached hydrogen (secondary N) is 1. The molecule has 0 bridgehead atoms. The van der Waals surface area contributed by atoms with Crippen molar-refractivity contribution in [2.75, 3.05) is 18.4 Å². The van der Waals surface area contributed by atoms with Crippen LogP contribution in [-0.4, -0.2) is 35.1 Å². The van der Waals surface area contributed by atoms with Gasteiger partial charge in [0.05, 0.1) is 0 Å². The molecule has 0 aliphatic heterocycles. The summed E-state index contributed by atoms with van der Waals surface area (Å²) >= 11 is 5.83. The third-order valence-electron chi connectivity index (χ3n) is 2.86. The number of hydrogen-bond acceptors (Lipinski definition) is 2. The summed E-state index contributed by atoms with van der Waals surface area (Å²) in [6, 6.07) is 6.35. The molecule has 1 aromatic rings. The first-order valence-electron chi connectivity index (χ1n) is 6.08. The first-order chi connectivity index (χ1) is 9.04. The van der Waals surface area contributed by atoms with Gasteiger partial charge in [-0.15, -0.1) is 0 Å². The average molecular weight is 283 g/mol. The molecule has 0 aromatic heterocycles. The van der Waals surface area contributed by atoms with Gasteiger partial charge in [0.1, 0.15) is 6.54 Å². The second kappa shape index (κ2) is 5.93. The summed E-state index contributed by atoms with van der Waals surface area (Å²) in [6.45, 7) is 0.196. The number of rotatable bonds is 5. The van der Waals surface area contributed by atoms with E-state index in [1.807, 2.05) is 0 Å². The van der Waals surface area contributed by atoms with E-state index in [2.05, 4.69) is 5.32 Å². The van der Waals surface area contributed by atoms with E-state index >= 15 is 0 Å². The lowest BCUT2D eigenvalue weighted by atomic mass is 10.3. The summed E-state index contributed by atoms with van der Waals surface area (Å²) in [5, 5.41) is 12.0. The van der Waals surface area contributed by atoms with Crippen molar-refractivity contribution in [2.24, 2.45) is 5.92 Å². The van der Waals surface area contributed by atoms with Gasteiger partial charge in [-0.25, -0.2) is 4.79 Å². The molecule has 19 heavy (non-hydrogen) atoms. The van der Waals surface area contributed by atoms with Gasteiger partial charge in [0.15, 0.2) is 0 Å². The van der Waals surface area contributed by atoms with E-state index in [1.54, 1.807) is 24.3 Å². The second-order valence-corrected chi connectivity index (χ2v) is 5.09. The highest BCUT2D eigenvalue weighted by atomic mass is 35.5. The van der Waals surface area contributed by atoms with Crippen LogP contribution >= 0.6 is 11.6 Å². The molecule has 5 nitrogen and oxygen atoms in total. The minimum absolute atomic E-state index is 0.289. The van der Waals surface area contributed by atoms with Crippen LogP contribution in [0.1, 0.15) is 12.8 Å². The predicted octanol–water partition coefficient (Wildman–Crippen LogP) is 2.67. The standard InChI is InChI=1S/C13H15ClN2O3/c14-10-2-1-3-11(6-10)15-13(19)16(8-12(17)18)7-9-4-5-9/h1-3,6,9H,4-5,7-8H2,(H,15,19)(H,17,18). The van der Waals surface area contributed by atoms with E-state index in [-0.39, 0.29) is 6.54 Å². The Bertz CT molecular complexity index is 489. The molecule has 1 aliphatic rings. The molecule has 1 aromatic carbocycles. The van der Waals surface area contributed by atoms with Gasteiger partial charge in [0, 0.05) is 17.3 Å². The van der Waals surface area contributed by atoms with E-state index in [9.17, 15) is 9.59 Å². The molecule has 1 fully saturated rings. The van der Waals surface area contributed by atoms with Gasteiger partial charge in [-0.1, -0.05) is 17.7 Å². The number of benzene rings is 1. The topological polar surface area (TPSA) is 69.6 Å². The van der Waals surface area contributed by atoms with Crippen LogP contribution in [0.3, 0.4) is 0 Å². The largest absolute Gasteiger partial charge is 0.480 e. The number of anilines is 1. The lowest BCUT2D eigenvalue weighted by Gasteiger charge is -2.21. The Morgan fingerprint density at radius 3 is 2.74 bits per heavy atom. The van der Waals surface area contributed by atoms with Gasteiger partial charge >= 0.3 is 12.0 Å². The molecule has 0 spiro atoms. The fourth-order valence-corrected chi connectivity index (χ4v) is 1.95. The van der Waals surface area contributed by atoms with Gasteiger partial charge in [0.2, 0.25) is 0 Å². The number of carboxylic acid groups (broad SMARTS) is 1. The van der Waals surface area contributed by atoms with Crippen molar-refractivity contribution in [3.05, 3.63) is 29.3 Å². The highest BCUT2D eigenvalue weighted by Gasteiger charge is 2.27. The van der Waals surface area contributed by atoms with Crippen LogP contribution in [-0.2, 0) is 4.79 Å². The lowest BCUT2D eigenvalue weighted by molar-refractivity contribution is -0.137. The molecule has 0 atom stereocenters. The Morgan fingerprint density at radius 1 is 1.42 bits per heavy atom. The molecule has 0 heterocycles. The van der Waals surface area contributed by atoms with E-state index in [0.29, 0.717) is 23.2 Å². The molecule has 1 saturated carbocycles. The number of halogens is 1. The SMILES string of the molecule is O=C(O)CN(CC1CC1)C(=O)Nc1cccc(Cl)c1. The number of nitrogens with zero attached hydrogens (tertiary/aromatic N) is 1. The normalized spacial score (nSPS) is 13.9. The highest BCUT2D eigenvalue weighted by Crippen LogP contribution is 2.29. The number of carboxylic acids is 1. The van der Waals surface area contributed by atoms with Crippen molar-refractivity contribution in [2.45, 2.75) is 12.8 Å². The molecule has 1 aliphatic carbocycles. The minimum atomic E-state index is -1.01. The summed E-state index contributed by atoms with van der Waals surface area (Å²) in [4.78, 5) is 24.1. The molecule has 2 rings (SSSR count). The van der Waals surface area contributed by atoms with E-state index in [0.717, 1.165) is 12.8 Å². The van der Waals surface area contributed by atoms with Crippen molar-refractivity contribution in [1.29, 1.82) is 0 Å². The number of amides is 2. The van der Waals surface area contributed by atoms with Gasteiger partial charge < -0.3 is 15.3 Å². The fourth-order valence-electron chi connectivity index (χ4n) is 1.76. The van der Waals surface area contributed by atoms with Crippen LogP contribution in [0.5, 0.6) is 0 Å². The maximum absolute atomic E-state index is 12.0. The zero-order valence-electron chi connectivity index (χ0n) is 10.3. The summed E-state index contributed by atoms with van der Waals surface area (Å²) in [7, 11) is 0. The summed E-state index contributed by atoms with van der Waals surface area (Å²) in [6.07, 6.45) is 2.11. The Morgan fingerprint density at radius 2 is 2.16 bits per heavy atom. The van der Waals surface area contributed by atoms with Crippen molar-refractivity contribution >= 4 is 29.3 Å². The van der Waals surface area contributed by atoms with Gasteiger partial charge in [-0.3, -0.25) is 4.79 Å². The summed E-state index contributed by atoms with van der Waals surface area (Å²) in [5.41, 5.74) is 0.559. The summed E-state index contributed by atoms with van der Waals surface area (Å²) < 4.78 is 0. The minimum Gasteiger partial charge on any atom is -0.480 e. The number of aliphatic carboxylic acids is 1. The number of urea groups is 1. The van der Waals surface area contributed by atoms with Crippen LogP contribution in [0.2, 0.25) is 5.02 Å². The van der Waals surface area contributed by atoms with Crippen LogP contribution in [0.4, 0.5) is 10.5 Å². The van der Waals surface area contributed by atoms with Crippen LogP contribution in [0.15, 0.2) is 24.3 Å². The monoisotopic (exact) mass is 282 g/mol. The zero-order chi connectivity index (χ0) is 13.8. The Hall–Kier alpha value is -1.75. The maximum Gasteiger partial charge on any atom is 0.323 e. The van der Waals surface area contributed by atoms with Crippen LogP contribution in [0, 0.1) is 5.92 Å². The van der Waals surface area contributed by atoms with Gasteiger partial charge in [-0.05, 0) is 37.0 Å². The average Bonchev–Trinajstić information content (AvgIpc) is 3.11. The lowest BCUT2D eigenvalue weighted by Crippen LogP contribution is -2.40. The predicted molar refractivity (Wildman–Crippen MR) is 72.4 cm³/mol. The molecular formula is C13H15ClN2O3.